The zero-order valence-corrected chi connectivity index (χ0v) is 13.9. The van der Waals surface area contributed by atoms with Crippen LogP contribution in [0.1, 0.15) is 57.4 Å². The van der Waals surface area contributed by atoms with Gasteiger partial charge in [-0.3, -0.25) is 14.9 Å². The fourth-order valence-electron chi connectivity index (χ4n) is 3.22. The molecule has 1 aromatic heterocycles. The van der Waals surface area contributed by atoms with Crippen LogP contribution in [0.5, 0.6) is 0 Å². The number of nitro groups is 1. The number of nitrogens with zero attached hydrogens (tertiary/aromatic N) is 2. The number of hydrogen-bond acceptors (Lipinski definition) is 4. The zero-order valence-electron chi connectivity index (χ0n) is 13.9. The fraction of sp³-hybridized carbons (Fsp3) is 0.647. The van der Waals surface area contributed by atoms with Crippen molar-refractivity contribution in [3.63, 3.8) is 0 Å². The fourth-order valence-corrected chi connectivity index (χ4v) is 3.22. The minimum absolute atomic E-state index is 0.0107. The Morgan fingerprint density at radius 1 is 1.39 bits per heavy atom. The Labute approximate surface area is 136 Å². The molecular formula is C17H25N3O3. The van der Waals surface area contributed by atoms with E-state index in [0.29, 0.717) is 11.4 Å². The van der Waals surface area contributed by atoms with Crippen molar-refractivity contribution in [3.05, 3.63) is 27.9 Å². The summed E-state index contributed by atoms with van der Waals surface area (Å²) < 4.78 is 0. The topological polar surface area (TPSA) is 85.1 Å². The van der Waals surface area contributed by atoms with Crippen molar-refractivity contribution in [2.75, 3.05) is 5.32 Å². The lowest BCUT2D eigenvalue weighted by Crippen LogP contribution is -2.27. The van der Waals surface area contributed by atoms with Crippen molar-refractivity contribution >= 4 is 17.4 Å². The third-order valence-corrected chi connectivity index (χ3v) is 4.70. The van der Waals surface area contributed by atoms with Gasteiger partial charge in [0.1, 0.15) is 12.0 Å². The minimum Gasteiger partial charge on any atom is -0.310 e. The maximum absolute atomic E-state index is 12.4. The van der Waals surface area contributed by atoms with Crippen molar-refractivity contribution in [3.8, 4) is 0 Å². The van der Waals surface area contributed by atoms with Gasteiger partial charge in [0.15, 0.2) is 0 Å². The second-order valence-corrected chi connectivity index (χ2v) is 6.47. The predicted octanol–water partition coefficient (Wildman–Crippen LogP) is 4.23. The lowest BCUT2D eigenvalue weighted by molar-refractivity contribution is -0.385. The maximum atomic E-state index is 12.4. The van der Waals surface area contributed by atoms with Crippen LogP contribution in [0.4, 0.5) is 11.5 Å². The van der Waals surface area contributed by atoms with Crippen LogP contribution in [0.3, 0.4) is 0 Å². The molecule has 6 nitrogen and oxygen atoms in total. The standard InChI is InChI=1S/C17H25N3O3/c1-3-4-5-13-6-8-14(9-7-13)17(21)19-16-12(2)10-15(11-18-16)20(22)23/h10-11,13-14H,3-9H2,1-2H3,(H,18,19,21). The molecule has 0 radical (unpaired) electrons. The van der Waals surface area contributed by atoms with Gasteiger partial charge in [0, 0.05) is 12.0 Å². The molecule has 2 rings (SSSR count). The van der Waals surface area contributed by atoms with Crippen molar-refractivity contribution < 1.29 is 9.72 Å². The molecule has 1 fully saturated rings. The van der Waals surface area contributed by atoms with E-state index in [4.69, 9.17) is 0 Å². The van der Waals surface area contributed by atoms with Gasteiger partial charge in [0.05, 0.1) is 4.92 Å². The highest BCUT2D eigenvalue weighted by Gasteiger charge is 2.26. The number of hydrogen-bond donors (Lipinski definition) is 1. The molecule has 1 aliphatic rings. The largest absolute Gasteiger partial charge is 0.310 e. The maximum Gasteiger partial charge on any atom is 0.287 e. The zero-order chi connectivity index (χ0) is 16.8. The Hall–Kier alpha value is -1.98. The molecule has 1 amide bonds. The number of rotatable bonds is 6. The monoisotopic (exact) mass is 319 g/mol. The van der Waals surface area contributed by atoms with E-state index in [-0.39, 0.29) is 17.5 Å². The van der Waals surface area contributed by atoms with Gasteiger partial charge in [-0.05, 0) is 44.1 Å². The molecule has 0 bridgehead atoms. The van der Waals surface area contributed by atoms with Crippen molar-refractivity contribution in [1.82, 2.24) is 4.98 Å². The van der Waals surface area contributed by atoms with E-state index in [1.54, 1.807) is 6.92 Å². The number of carbonyl (C=O) groups excluding carboxylic acids is 1. The van der Waals surface area contributed by atoms with Crippen molar-refractivity contribution in [1.29, 1.82) is 0 Å². The highest BCUT2D eigenvalue weighted by Crippen LogP contribution is 2.32. The van der Waals surface area contributed by atoms with E-state index in [1.165, 1.54) is 31.5 Å². The molecule has 0 saturated heterocycles. The molecule has 1 heterocycles. The number of nitrogens with one attached hydrogen (secondary N) is 1. The van der Waals surface area contributed by atoms with E-state index in [9.17, 15) is 14.9 Å². The lowest BCUT2D eigenvalue weighted by atomic mass is 9.79. The van der Waals surface area contributed by atoms with Crippen LogP contribution in [0.2, 0.25) is 0 Å². The molecule has 0 aliphatic heterocycles. The highest BCUT2D eigenvalue weighted by atomic mass is 16.6. The third-order valence-electron chi connectivity index (χ3n) is 4.70. The van der Waals surface area contributed by atoms with E-state index in [2.05, 4.69) is 17.2 Å². The van der Waals surface area contributed by atoms with Crippen LogP contribution in [0.15, 0.2) is 12.3 Å². The normalized spacial score (nSPS) is 21.0. The van der Waals surface area contributed by atoms with Gasteiger partial charge in [0.25, 0.3) is 5.69 Å². The molecule has 1 aliphatic carbocycles. The number of aryl methyl sites for hydroxylation is 1. The quantitative estimate of drug-likeness (QED) is 0.628. The van der Waals surface area contributed by atoms with Crippen LogP contribution in [-0.2, 0) is 4.79 Å². The van der Waals surface area contributed by atoms with Gasteiger partial charge >= 0.3 is 0 Å². The minimum atomic E-state index is -0.483. The van der Waals surface area contributed by atoms with E-state index in [0.717, 1.165) is 31.6 Å². The summed E-state index contributed by atoms with van der Waals surface area (Å²) in [6.07, 6.45) is 9.03. The molecule has 6 heteroatoms. The van der Waals surface area contributed by atoms with Gasteiger partial charge < -0.3 is 5.32 Å². The summed E-state index contributed by atoms with van der Waals surface area (Å²) >= 11 is 0. The van der Waals surface area contributed by atoms with Gasteiger partial charge in [-0.1, -0.05) is 26.2 Å². The third kappa shape index (κ3) is 4.74. The summed E-state index contributed by atoms with van der Waals surface area (Å²) in [4.78, 5) is 26.6. The number of carbonyl (C=O) groups is 1. The number of amides is 1. The Morgan fingerprint density at radius 3 is 2.65 bits per heavy atom. The summed E-state index contributed by atoms with van der Waals surface area (Å²) in [5, 5.41) is 13.5. The summed E-state index contributed by atoms with van der Waals surface area (Å²) in [6.45, 7) is 3.93. The van der Waals surface area contributed by atoms with E-state index < -0.39 is 4.92 Å². The molecule has 0 spiro atoms. The van der Waals surface area contributed by atoms with Crippen LogP contribution in [0.25, 0.3) is 0 Å². The number of pyridine rings is 1. The van der Waals surface area contributed by atoms with Gasteiger partial charge in [-0.15, -0.1) is 0 Å². The van der Waals surface area contributed by atoms with Gasteiger partial charge in [-0.25, -0.2) is 4.98 Å². The van der Waals surface area contributed by atoms with Crippen LogP contribution in [0, 0.1) is 28.9 Å². The first-order chi connectivity index (χ1) is 11.0. The van der Waals surface area contributed by atoms with E-state index in [1.807, 2.05) is 0 Å². The number of unbranched alkanes of at least 4 members (excludes halogenated alkanes) is 1. The Bertz CT molecular complexity index is 566. The molecule has 1 N–H and O–H groups in total. The lowest BCUT2D eigenvalue weighted by Gasteiger charge is -2.27. The van der Waals surface area contributed by atoms with Crippen LogP contribution >= 0.6 is 0 Å². The summed E-state index contributed by atoms with van der Waals surface area (Å²) in [6, 6.07) is 1.43. The van der Waals surface area contributed by atoms with Crippen LogP contribution in [-0.4, -0.2) is 15.8 Å². The Morgan fingerprint density at radius 2 is 2.09 bits per heavy atom. The molecule has 23 heavy (non-hydrogen) atoms. The second-order valence-electron chi connectivity index (χ2n) is 6.47. The van der Waals surface area contributed by atoms with Gasteiger partial charge in [-0.2, -0.15) is 0 Å². The first-order valence-corrected chi connectivity index (χ1v) is 8.43. The van der Waals surface area contributed by atoms with Gasteiger partial charge in [0.2, 0.25) is 5.91 Å². The first-order valence-electron chi connectivity index (χ1n) is 8.43. The average Bonchev–Trinajstić information content (AvgIpc) is 2.55. The van der Waals surface area contributed by atoms with E-state index >= 15 is 0 Å². The Kier molecular flexibility index (Phi) is 6.07. The predicted molar refractivity (Wildman–Crippen MR) is 89.2 cm³/mol. The molecule has 0 atom stereocenters. The molecule has 126 valence electrons. The molecule has 1 saturated carbocycles. The summed E-state index contributed by atoms with van der Waals surface area (Å²) in [5.74, 6) is 1.21. The van der Waals surface area contributed by atoms with Crippen LogP contribution < -0.4 is 5.32 Å². The SMILES string of the molecule is CCCCC1CCC(C(=O)Nc2ncc([N+](=O)[O-])cc2C)CC1. The number of anilines is 1. The first kappa shape index (κ1) is 17.4. The summed E-state index contributed by atoms with van der Waals surface area (Å²) in [7, 11) is 0. The number of aromatic nitrogens is 1. The van der Waals surface area contributed by atoms with Crippen molar-refractivity contribution in [2.24, 2.45) is 11.8 Å². The summed E-state index contributed by atoms with van der Waals surface area (Å²) in [5.41, 5.74) is 0.557. The molecule has 0 unspecified atom stereocenters. The Balaban J connectivity index is 1.89. The smallest absolute Gasteiger partial charge is 0.287 e. The molecule has 1 aromatic rings. The second kappa shape index (κ2) is 8.04. The highest BCUT2D eigenvalue weighted by molar-refractivity contribution is 5.92. The molecular weight excluding hydrogens is 294 g/mol. The molecule has 0 aromatic carbocycles. The average molecular weight is 319 g/mol. The van der Waals surface area contributed by atoms with Crippen molar-refractivity contribution in [2.45, 2.75) is 58.8 Å².